The molecule has 9 heteroatoms. The molecule has 0 aliphatic rings. The number of thiocarbonyl (C=S) groups is 1. The van der Waals surface area contributed by atoms with E-state index >= 15 is 0 Å². The highest BCUT2D eigenvalue weighted by atomic mass is 32.2. The summed E-state index contributed by atoms with van der Waals surface area (Å²) in [5, 5.41) is 5.62. The quantitative estimate of drug-likeness (QED) is 0.221. The van der Waals surface area contributed by atoms with E-state index in [1.807, 2.05) is 30.3 Å². The van der Waals surface area contributed by atoms with Gasteiger partial charge in [-0.2, -0.15) is 0 Å². The molecule has 0 aliphatic carbocycles. The predicted octanol–water partition coefficient (Wildman–Crippen LogP) is 5.25. The Morgan fingerprint density at radius 3 is 2.25 bits per heavy atom. The van der Waals surface area contributed by atoms with Crippen LogP contribution in [0.4, 0.5) is 5.69 Å². The predicted molar refractivity (Wildman–Crippen MR) is 147 cm³/mol. The largest absolute Gasteiger partial charge is 0.494 e. The number of amides is 1. The van der Waals surface area contributed by atoms with Gasteiger partial charge in [-0.25, -0.2) is 13.1 Å². The minimum Gasteiger partial charge on any atom is -0.494 e. The Bertz CT molecular complexity index is 1230. The average Bonchev–Trinajstić information content (AvgIpc) is 2.88. The second-order valence-corrected chi connectivity index (χ2v) is 10.4. The molecule has 0 heterocycles. The van der Waals surface area contributed by atoms with E-state index in [1.165, 1.54) is 25.0 Å². The minimum absolute atomic E-state index is 0.106. The number of carbonyl (C=O) groups excluding carboxylic acids is 1. The Kier molecular flexibility index (Phi) is 10.4. The van der Waals surface area contributed by atoms with Crippen molar-refractivity contribution in [3.05, 3.63) is 90.0 Å². The maximum absolute atomic E-state index is 12.5. The third-order valence-corrected chi connectivity index (χ3v) is 6.96. The van der Waals surface area contributed by atoms with E-state index in [4.69, 9.17) is 17.0 Å². The third-order valence-electron chi connectivity index (χ3n) is 5.34. The summed E-state index contributed by atoms with van der Waals surface area (Å²) in [5.74, 6) is 0.364. The van der Waals surface area contributed by atoms with Crippen LogP contribution >= 0.6 is 12.2 Å². The van der Waals surface area contributed by atoms with Crippen molar-refractivity contribution >= 4 is 38.9 Å². The van der Waals surface area contributed by atoms with Crippen molar-refractivity contribution in [2.75, 3.05) is 11.9 Å². The molecule has 7 nitrogen and oxygen atoms in total. The van der Waals surface area contributed by atoms with E-state index in [0.717, 1.165) is 24.2 Å². The van der Waals surface area contributed by atoms with Crippen molar-refractivity contribution in [1.29, 1.82) is 0 Å². The SMILES string of the molecule is CCCCCCOc1ccc(C(=O)NC(=S)Nc2ccc(S(=O)(=O)NCc3ccccc3)cc2)cc1. The van der Waals surface area contributed by atoms with Gasteiger partial charge in [-0.05, 0) is 72.7 Å². The second-order valence-electron chi connectivity index (χ2n) is 8.18. The molecule has 0 saturated carbocycles. The summed E-state index contributed by atoms with van der Waals surface area (Å²) in [4.78, 5) is 12.6. The Hall–Kier alpha value is -3.27. The molecule has 1 amide bonds. The van der Waals surface area contributed by atoms with Gasteiger partial charge in [-0.1, -0.05) is 56.5 Å². The highest BCUT2D eigenvalue weighted by molar-refractivity contribution is 7.89. The van der Waals surface area contributed by atoms with Crippen molar-refractivity contribution in [3.63, 3.8) is 0 Å². The standard InChI is InChI=1S/C27H31N3O4S2/c1-2-3-4-8-19-34-24-15-11-22(12-16-24)26(31)30-27(35)29-23-13-17-25(18-14-23)36(32,33)28-20-21-9-6-5-7-10-21/h5-7,9-18,28H,2-4,8,19-20H2,1H3,(H2,29,30,31,35). The molecule has 0 spiro atoms. The van der Waals surface area contributed by atoms with Gasteiger partial charge < -0.3 is 10.1 Å². The van der Waals surface area contributed by atoms with Crippen molar-refractivity contribution in [3.8, 4) is 5.75 Å². The molecule has 0 aromatic heterocycles. The summed E-state index contributed by atoms with van der Waals surface area (Å²) in [6.45, 7) is 3.02. The summed E-state index contributed by atoms with van der Waals surface area (Å²) < 4.78 is 33.4. The van der Waals surface area contributed by atoms with Crippen molar-refractivity contribution in [1.82, 2.24) is 10.0 Å². The molecule has 3 aromatic rings. The summed E-state index contributed by atoms with van der Waals surface area (Å²) in [7, 11) is -3.66. The van der Waals surface area contributed by atoms with Gasteiger partial charge >= 0.3 is 0 Å². The number of ether oxygens (including phenoxy) is 1. The Morgan fingerprint density at radius 1 is 0.889 bits per heavy atom. The summed E-state index contributed by atoms with van der Waals surface area (Å²) in [5.41, 5.74) is 1.86. The molecule has 0 radical (unpaired) electrons. The van der Waals surface area contributed by atoms with E-state index in [-0.39, 0.29) is 22.5 Å². The zero-order chi connectivity index (χ0) is 25.8. The number of hydrogen-bond acceptors (Lipinski definition) is 5. The zero-order valence-corrected chi connectivity index (χ0v) is 21.8. The number of unbranched alkanes of at least 4 members (excludes halogenated alkanes) is 3. The highest BCUT2D eigenvalue weighted by Gasteiger charge is 2.14. The fraction of sp³-hybridized carbons (Fsp3) is 0.259. The van der Waals surface area contributed by atoms with E-state index < -0.39 is 10.0 Å². The van der Waals surface area contributed by atoms with Crippen LogP contribution in [0.3, 0.4) is 0 Å². The van der Waals surface area contributed by atoms with E-state index in [2.05, 4.69) is 22.3 Å². The van der Waals surface area contributed by atoms with Gasteiger partial charge in [0.1, 0.15) is 5.75 Å². The maximum Gasteiger partial charge on any atom is 0.257 e. The smallest absolute Gasteiger partial charge is 0.257 e. The summed E-state index contributed by atoms with van der Waals surface area (Å²) in [6, 6.07) is 22.3. The monoisotopic (exact) mass is 525 g/mol. The molecule has 0 fully saturated rings. The van der Waals surface area contributed by atoms with Crippen molar-refractivity contribution in [2.45, 2.75) is 44.0 Å². The summed E-state index contributed by atoms with van der Waals surface area (Å²) >= 11 is 5.23. The zero-order valence-electron chi connectivity index (χ0n) is 20.2. The van der Waals surface area contributed by atoms with Crippen LogP contribution in [0.25, 0.3) is 0 Å². The lowest BCUT2D eigenvalue weighted by molar-refractivity contribution is 0.0977. The molecule has 0 unspecified atom stereocenters. The van der Waals surface area contributed by atoms with Crippen molar-refractivity contribution < 1.29 is 17.9 Å². The number of carbonyl (C=O) groups is 1. The van der Waals surface area contributed by atoms with Gasteiger partial charge in [-0.3, -0.25) is 10.1 Å². The Balaban J connectivity index is 1.47. The Morgan fingerprint density at radius 2 is 1.58 bits per heavy atom. The number of sulfonamides is 1. The number of rotatable bonds is 12. The lowest BCUT2D eigenvalue weighted by atomic mass is 10.2. The summed E-state index contributed by atoms with van der Waals surface area (Å²) in [6.07, 6.45) is 4.53. The molecule has 190 valence electrons. The molecular weight excluding hydrogens is 494 g/mol. The van der Waals surface area contributed by atoms with E-state index in [1.54, 1.807) is 36.4 Å². The van der Waals surface area contributed by atoms with Crippen LogP contribution < -0.4 is 20.1 Å². The fourth-order valence-corrected chi connectivity index (χ4v) is 4.56. The number of benzene rings is 3. The first-order chi connectivity index (χ1) is 17.4. The third kappa shape index (κ3) is 8.75. The van der Waals surface area contributed by atoms with Crippen molar-refractivity contribution in [2.24, 2.45) is 0 Å². The normalized spacial score (nSPS) is 11.0. The molecule has 3 aromatic carbocycles. The van der Waals surface area contributed by atoms with Gasteiger partial charge in [0.15, 0.2) is 5.11 Å². The molecule has 0 atom stereocenters. The highest BCUT2D eigenvalue weighted by Crippen LogP contribution is 2.16. The lowest BCUT2D eigenvalue weighted by Gasteiger charge is -2.11. The fourth-order valence-electron chi connectivity index (χ4n) is 3.33. The first-order valence-corrected chi connectivity index (χ1v) is 13.8. The second kappa shape index (κ2) is 13.7. The van der Waals surface area contributed by atoms with Crippen LogP contribution in [0, 0.1) is 0 Å². The average molecular weight is 526 g/mol. The lowest BCUT2D eigenvalue weighted by Crippen LogP contribution is -2.34. The molecule has 3 rings (SSSR count). The first kappa shape index (κ1) is 27.3. The van der Waals surface area contributed by atoms with Crippen LogP contribution in [0.5, 0.6) is 5.75 Å². The van der Waals surface area contributed by atoms with Gasteiger partial charge in [-0.15, -0.1) is 0 Å². The van der Waals surface area contributed by atoms with Crippen LogP contribution in [0.15, 0.2) is 83.8 Å². The van der Waals surface area contributed by atoms with Gasteiger partial charge in [0.25, 0.3) is 5.91 Å². The van der Waals surface area contributed by atoms with Crippen LogP contribution in [-0.4, -0.2) is 26.0 Å². The molecule has 36 heavy (non-hydrogen) atoms. The van der Waals surface area contributed by atoms with Gasteiger partial charge in [0.2, 0.25) is 10.0 Å². The Labute approximate surface area is 218 Å². The van der Waals surface area contributed by atoms with E-state index in [0.29, 0.717) is 17.9 Å². The van der Waals surface area contributed by atoms with E-state index in [9.17, 15) is 13.2 Å². The van der Waals surface area contributed by atoms with Crippen LogP contribution in [0.2, 0.25) is 0 Å². The van der Waals surface area contributed by atoms with Gasteiger partial charge in [0, 0.05) is 17.8 Å². The topological polar surface area (TPSA) is 96.5 Å². The molecular formula is C27H31N3O4S2. The molecule has 0 saturated heterocycles. The first-order valence-electron chi connectivity index (χ1n) is 11.9. The minimum atomic E-state index is -3.66. The molecule has 0 aliphatic heterocycles. The van der Waals surface area contributed by atoms with Gasteiger partial charge in [0.05, 0.1) is 11.5 Å². The molecule has 0 bridgehead atoms. The number of anilines is 1. The van der Waals surface area contributed by atoms with Crippen LogP contribution in [0.1, 0.15) is 48.5 Å². The van der Waals surface area contributed by atoms with Crippen LogP contribution in [-0.2, 0) is 16.6 Å². The number of hydrogen-bond donors (Lipinski definition) is 3. The number of nitrogens with one attached hydrogen (secondary N) is 3. The molecule has 3 N–H and O–H groups in total. The maximum atomic E-state index is 12.5.